The minimum Gasteiger partial charge on any atom is -0.465 e. The van der Waals surface area contributed by atoms with Crippen molar-refractivity contribution in [3.8, 4) is 17.1 Å². The number of pyridine rings is 1. The van der Waals surface area contributed by atoms with E-state index in [1.807, 2.05) is 6.07 Å². The molecule has 0 radical (unpaired) electrons. The lowest BCUT2D eigenvalue weighted by Crippen LogP contribution is -2.08. The second-order valence-electron chi connectivity index (χ2n) is 4.93. The molecule has 0 aliphatic rings. The molecule has 0 aliphatic carbocycles. The highest BCUT2D eigenvalue weighted by Gasteiger charge is 2.19. The number of nitrogens with zero attached hydrogens (tertiary/aromatic N) is 4. The molecule has 0 fully saturated rings. The van der Waals surface area contributed by atoms with E-state index in [2.05, 4.69) is 15.2 Å². The number of carbonyl (C=O) groups excluding carboxylic acids is 1. The van der Waals surface area contributed by atoms with Crippen LogP contribution in [0.1, 0.15) is 6.92 Å². The zero-order chi connectivity index (χ0) is 17.6. The monoisotopic (exact) mass is 358 g/mol. The minimum absolute atomic E-state index is 0.0630. The summed E-state index contributed by atoms with van der Waals surface area (Å²) < 4.78 is 20.9. The summed E-state index contributed by atoms with van der Waals surface area (Å²) in [6, 6.07) is 9.91. The van der Waals surface area contributed by atoms with Gasteiger partial charge in [0.25, 0.3) is 0 Å². The predicted octanol–water partition coefficient (Wildman–Crippen LogP) is 3.12. The summed E-state index contributed by atoms with van der Waals surface area (Å²) in [6.45, 7) is 2.05. The first-order valence-electron chi connectivity index (χ1n) is 7.60. The van der Waals surface area contributed by atoms with Gasteiger partial charge in [-0.25, -0.2) is 4.39 Å². The van der Waals surface area contributed by atoms with Gasteiger partial charge in [-0.15, -0.1) is 10.2 Å². The van der Waals surface area contributed by atoms with Crippen LogP contribution >= 0.6 is 11.8 Å². The fourth-order valence-electron chi connectivity index (χ4n) is 2.22. The first kappa shape index (κ1) is 17.1. The van der Waals surface area contributed by atoms with Crippen molar-refractivity contribution in [2.75, 3.05) is 12.4 Å². The van der Waals surface area contributed by atoms with Gasteiger partial charge in [0.15, 0.2) is 11.0 Å². The van der Waals surface area contributed by atoms with Gasteiger partial charge in [-0.1, -0.05) is 23.9 Å². The minimum atomic E-state index is -0.412. The van der Waals surface area contributed by atoms with E-state index in [4.69, 9.17) is 4.74 Å². The molecule has 25 heavy (non-hydrogen) atoms. The van der Waals surface area contributed by atoms with Crippen molar-refractivity contribution in [3.63, 3.8) is 0 Å². The van der Waals surface area contributed by atoms with Crippen LogP contribution in [0, 0.1) is 5.82 Å². The Kier molecular flexibility index (Phi) is 5.39. The van der Waals surface area contributed by atoms with Crippen molar-refractivity contribution < 1.29 is 13.9 Å². The van der Waals surface area contributed by atoms with Gasteiger partial charge < -0.3 is 4.74 Å². The van der Waals surface area contributed by atoms with E-state index in [1.54, 1.807) is 48.1 Å². The van der Waals surface area contributed by atoms with Crippen LogP contribution in [0.2, 0.25) is 0 Å². The van der Waals surface area contributed by atoms with Crippen LogP contribution in [0.3, 0.4) is 0 Å². The molecule has 0 aliphatic heterocycles. The molecule has 128 valence electrons. The van der Waals surface area contributed by atoms with Gasteiger partial charge in [-0.2, -0.15) is 0 Å². The Labute approximate surface area is 148 Å². The van der Waals surface area contributed by atoms with E-state index >= 15 is 0 Å². The third-order valence-corrected chi connectivity index (χ3v) is 4.17. The lowest BCUT2D eigenvalue weighted by molar-refractivity contribution is -0.139. The number of halogens is 1. The Bertz CT molecular complexity index is 870. The first-order valence-corrected chi connectivity index (χ1v) is 8.58. The molecule has 6 nitrogen and oxygen atoms in total. The standard InChI is InChI=1S/C17H15FN4O2S/c1-2-24-15(23)11-25-17-21-20-16(12-6-5-9-19-10-12)22(17)14-8-4-3-7-13(14)18/h3-10H,2,11H2,1H3. The van der Waals surface area contributed by atoms with Gasteiger partial charge in [-0.3, -0.25) is 14.3 Å². The molecular weight excluding hydrogens is 343 g/mol. The zero-order valence-corrected chi connectivity index (χ0v) is 14.2. The molecule has 3 rings (SSSR count). The number of ether oxygens (including phenoxy) is 1. The molecule has 0 bridgehead atoms. The molecule has 0 spiro atoms. The summed E-state index contributed by atoms with van der Waals surface area (Å²) in [5.74, 6) is -0.263. The largest absolute Gasteiger partial charge is 0.465 e. The Balaban J connectivity index is 2.03. The Morgan fingerprint density at radius 3 is 2.80 bits per heavy atom. The van der Waals surface area contributed by atoms with E-state index in [9.17, 15) is 9.18 Å². The van der Waals surface area contributed by atoms with Gasteiger partial charge in [-0.05, 0) is 31.2 Å². The second-order valence-corrected chi connectivity index (χ2v) is 5.87. The normalized spacial score (nSPS) is 10.6. The van der Waals surface area contributed by atoms with Crippen LogP contribution in [-0.4, -0.2) is 38.1 Å². The average molecular weight is 358 g/mol. The number of thioether (sulfide) groups is 1. The van der Waals surface area contributed by atoms with Crippen molar-refractivity contribution in [2.45, 2.75) is 12.1 Å². The highest BCUT2D eigenvalue weighted by atomic mass is 32.2. The van der Waals surface area contributed by atoms with E-state index < -0.39 is 5.82 Å². The summed E-state index contributed by atoms with van der Waals surface area (Å²) in [7, 11) is 0. The average Bonchev–Trinajstić information content (AvgIpc) is 3.05. The Morgan fingerprint density at radius 2 is 2.08 bits per heavy atom. The molecule has 0 saturated heterocycles. The van der Waals surface area contributed by atoms with Crippen LogP contribution in [-0.2, 0) is 9.53 Å². The molecule has 0 amide bonds. The lowest BCUT2D eigenvalue weighted by atomic mass is 10.2. The third-order valence-electron chi connectivity index (χ3n) is 3.27. The molecule has 1 aromatic carbocycles. The number of esters is 1. The SMILES string of the molecule is CCOC(=O)CSc1nnc(-c2cccnc2)n1-c1ccccc1F. The van der Waals surface area contributed by atoms with E-state index in [-0.39, 0.29) is 11.7 Å². The Hall–Kier alpha value is -2.74. The maximum Gasteiger partial charge on any atom is 0.316 e. The van der Waals surface area contributed by atoms with Crippen LogP contribution in [0.4, 0.5) is 4.39 Å². The summed E-state index contributed by atoms with van der Waals surface area (Å²) in [6.07, 6.45) is 3.27. The fraction of sp³-hybridized carbons (Fsp3) is 0.176. The summed E-state index contributed by atoms with van der Waals surface area (Å²) in [4.78, 5) is 15.7. The third kappa shape index (κ3) is 3.85. The highest BCUT2D eigenvalue weighted by molar-refractivity contribution is 7.99. The molecule has 3 aromatic rings. The number of para-hydroxylation sites is 1. The maximum atomic E-state index is 14.4. The molecule has 2 heterocycles. The van der Waals surface area contributed by atoms with Gasteiger partial charge in [0.1, 0.15) is 5.82 Å². The van der Waals surface area contributed by atoms with Gasteiger partial charge >= 0.3 is 5.97 Å². The Morgan fingerprint density at radius 1 is 1.24 bits per heavy atom. The fourth-order valence-corrected chi connectivity index (χ4v) is 2.96. The molecule has 0 N–H and O–H groups in total. The smallest absolute Gasteiger partial charge is 0.316 e. The first-order chi connectivity index (χ1) is 12.2. The number of carbonyl (C=O) groups is 1. The van der Waals surface area contributed by atoms with E-state index in [0.29, 0.717) is 28.8 Å². The molecule has 8 heteroatoms. The summed E-state index contributed by atoms with van der Waals surface area (Å²) >= 11 is 1.14. The molecular formula is C17H15FN4O2S. The van der Waals surface area contributed by atoms with Crippen LogP contribution < -0.4 is 0 Å². The van der Waals surface area contributed by atoms with Gasteiger partial charge in [0.2, 0.25) is 0 Å². The molecule has 0 atom stereocenters. The quantitative estimate of drug-likeness (QED) is 0.498. The van der Waals surface area contributed by atoms with Crippen LogP contribution in [0.15, 0.2) is 53.9 Å². The molecule has 2 aromatic heterocycles. The van der Waals surface area contributed by atoms with Crippen molar-refractivity contribution in [2.24, 2.45) is 0 Å². The lowest BCUT2D eigenvalue weighted by Gasteiger charge is -2.10. The number of hydrogen-bond donors (Lipinski definition) is 0. The number of aromatic nitrogens is 4. The summed E-state index contributed by atoms with van der Waals surface area (Å²) in [5, 5.41) is 8.68. The maximum absolute atomic E-state index is 14.4. The molecule has 0 saturated carbocycles. The van der Waals surface area contributed by atoms with E-state index in [1.165, 1.54) is 6.07 Å². The topological polar surface area (TPSA) is 69.9 Å². The number of rotatable bonds is 6. The van der Waals surface area contributed by atoms with Crippen molar-refractivity contribution in [3.05, 3.63) is 54.6 Å². The van der Waals surface area contributed by atoms with Crippen LogP contribution in [0.5, 0.6) is 0 Å². The zero-order valence-electron chi connectivity index (χ0n) is 13.4. The molecule has 0 unspecified atom stereocenters. The highest BCUT2D eigenvalue weighted by Crippen LogP contribution is 2.28. The predicted molar refractivity (Wildman–Crippen MR) is 91.9 cm³/mol. The van der Waals surface area contributed by atoms with E-state index in [0.717, 1.165) is 11.8 Å². The van der Waals surface area contributed by atoms with Crippen molar-refractivity contribution in [1.82, 2.24) is 19.7 Å². The van der Waals surface area contributed by atoms with Crippen molar-refractivity contribution >= 4 is 17.7 Å². The van der Waals surface area contributed by atoms with Crippen molar-refractivity contribution in [1.29, 1.82) is 0 Å². The van der Waals surface area contributed by atoms with Gasteiger partial charge in [0, 0.05) is 18.0 Å². The second kappa shape index (κ2) is 7.89. The van der Waals surface area contributed by atoms with Crippen LogP contribution in [0.25, 0.3) is 17.1 Å². The number of hydrogen-bond acceptors (Lipinski definition) is 6. The summed E-state index contributed by atoms with van der Waals surface area (Å²) in [5.41, 5.74) is 0.999. The number of benzene rings is 1. The van der Waals surface area contributed by atoms with Gasteiger partial charge in [0.05, 0.1) is 18.0 Å².